The van der Waals surface area contributed by atoms with E-state index in [1.54, 1.807) is 0 Å². The molecule has 4 aromatic carbocycles. The third-order valence-electron chi connectivity index (χ3n) is 8.53. The van der Waals surface area contributed by atoms with E-state index in [2.05, 4.69) is 111 Å². The van der Waals surface area contributed by atoms with Gasteiger partial charge in [0.2, 0.25) is 0 Å². The molecule has 2 aliphatic rings. The number of unbranched alkanes of at least 4 members (excludes halogenated alkanes) is 1. The van der Waals surface area contributed by atoms with Crippen LogP contribution in [0.25, 0.3) is 32.3 Å². The van der Waals surface area contributed by atoms with Gasteiger partial charge < -0.3 is 0 Å². The molecule has 0 amide bonds. The van der Waals surface area contributed by atoms with Crippen molar-refractivity contribution in [3.8, 4) is 22.3 Å². The highest BCUT2D eigenvalue weighted by molar-refractivity contribution is 6.51. The first kappa shape index (κ1) is 25.2. The fourth-order valence-corrected chi connectivity index (χ4v) is 7.22. The molecule has 2 unspecified atom stereocenters. The Morgan fingerprint density at radius 2 is 0.895 bits per heavy atom. The number of benzene rings is 4. The summed E-state index contributed by atoms with van der Waals surface area (Å²) in [6.45, 7) is 4.43. The van der Waals surface area contributed by atoms with Gasteiger partial charge in [0.25, 0.3) is 0 Å². The molecule has 2 heteroatoms. The normalized spacial score (nSPS) is 18.2. The average molecular weight is 536 g/mol. The Hall–Kier alpha value is -3.06. The van der Waals surface area contributed by atoms with Crippen molar-refractivity contribution in [2.24, 2.45) is 0 Å². The summed E-state index contributed by atoms with van der Waals surface area (Å²) in [5, 5.41) is 1.88. The summed E-state index contributed by atoms with van der Waals surface area (Å²) in [4.78, 5) is 0. The van der Waals surface area contributed by atoms with Crippen molar-refractivity contribution in [2.75, 3.05) is 0 Å². The van der Waals surface area contributed by atoms with Gasteiger partial charge in [-0.25, -0.2) is 0 Å². The zero-order chi connectivity index (χ0) is 26.2. The first-order valence-corrected chi connectivity index (χ1v) is 14.4. The van der Waals surface area contributed by atoms with Crippen molar-refractivity contribution in [1.82, 2.24) is 0 Å². The molecule has 0 aliphatic heterocycles. The molecule has 0 saturated heterocycles. The van der Waals surface area contributed by atoms with Gasteiger partial charge in [-0.15, -0.1) is 0 Å². The Labute approximate surface area is 236 Å². The predicted octanol–water partition coefficient (Wildman–Crippen LogP) is 11.4. The third kappa shape index (κ3) is 4.35. The minimum absolute atomic E-state index is 0.391. The summed E-state index contributed by atoms with van der Waals surface area (Å²) in [7, 11) is 0. The van der Waals surface area contributed by atoms with Crippen molar-refractivity contribution >= 4 is 33.3 Å². The van der Waals surface area contributed by atoms with Gasteiger partial charge in [0.15, 0.2) is 0 Å². The Balaban J connectivity index is 1.18. The van der Waals surface area contributed by atoms with E-state index in [1.807, 2.05) is 0 Å². The summed E-state index contributed by atoms with van der Waals surface area (Å²) in [6, 6.07) is 34.5. The lowest BCUT2D eigenvalue weighted by Crippen LogP contribution is -2.01. The van der Waals surface area contributed by atoms with Gasteiger partial charge in [-0.1, -0.05) is 133 Å². The van der Waals surface area contributed by atoms with Crippen LogP contribution in [0.1, 0.15) is 73.6 Å². The van der Waals surface area contributed by atoms with Gasteiger partial charge in [0.05, 0.1) is 0 Å². The molecule has 0 spiro atoms. The maximum Gasteiger partial charge on any atom is 0.0483 e. The quantitative estimate of drug-likeness (QED) is 0.207. The highest BCUT2D eigenvalue weighted by Gasteiger charge is 2.32. The van der Waals surface area contributed by atoms with Crippen LogP contribution in [0.2, 0.25) is 0 Å². The molecular formula is C36H32Cl2. The van der Waals surface area contributed by atoms with Crippen LogP contribution in [-0.4, -0.2) is 0 Å². The number of fused-ring (bicyclic) bond motifs is 2. The first-order valence-electron chi connectivity index (χ1n) is 13.7. The molecule has 2 aliphatic carbocycles. The van der Waals surface area contributed by atoms with E-state index in [0.29, 0.717) is 11.8 Å². The molecule has 0 saturated carbocycles. The highest BCUT2D eigenvalue weighted by atomic mass is 35.5. The van der Waals surface area contributed by atoms with Crippen molar-refractivity contribution in [2.45, 2.75) is 51.4 Å². The molecule has 0 N–H and O–H groups in total. The van der Waals surface area contributed by atoms with Crippen LogP contribution < -0.4 is 0 Å². The fourth-order valence-electron chi connectivity index (χ4n) is 6.54. The van der Waals surface area contributed by atoms with Crippen LogP contribution in [0.4, 0.5) is 0 Å². The molecule has 0 radical (unpaired) electrons. The van der Waals surface area contributed by atoms with Crippen LogP contribution in [-0.2, 0) is 0 Å². The minimum atomic E-state index is 0.391. The van der Waals surface area contributed by atoms with E-state index < -0.39 is 0 Å². The maximum absolute atomic E-state index is 6.97. The SMILES string of the molecule is CC1=C(Cl)c2c(-c3ccccc3)cccc2C1CCCCC1C(C)=C(Cl)c2c(-c3ccccc3)cccc21. The Morgan fingerprint density at radius 3 is 1.29 bits per heavy atom. The summed E-state index contributed by atoms with van der Waals surface area (Å²) in [5.41, 5.74) is 12.8. The van der Waals surface area contributed by atoms with Crippen LogP contribution in [0, 0.1) is 0 Å². The largest absolute Gasteiger partial charge is 0.0837 e. The third-order valence-corrected chi connectivity index (χ3v) is 9.50. The number of hydrogen-bond donors (Lipinski definition) is 0. The predicted molar refractivity (Wildman–Crippen MR) is 165 cm³/mol. The molecule has 4 aromatic rings. The van der Waals surface area contributed by atoms with Crippen molar-refractivity contribution in [3.63, 3.8) is 0 Å². The Kier molecular flexibility index (Phi) is 7.04. The summed E-state index contributed by atoms with van der Waals surface area (Å²) >= 11 is 13.9. The van der Waals surface area contributed by atoms with E-state index in [1.165, 1.54) is 55.7 Å². The Morgan fingerprint density at radius 1 is 0.500 bits per heavy atom. The van der Waals surface area contributed by atoms with E-state index in [0.717, 1.165) is 35.7 Å². The van der Waals surface area contributed by atoms with Crippen LogP contribution >= 0.6 is 23.2 Å². The molecule has 0 fully saturated rings. The van der Waals surface area contributed by atoms with Crippen LogP contribution in [0.3, 0.4) is 0 Å². The zero-order valence-corrected chi connectivity index (χ0v) is 23.5. The molecule has 38 heavy (non-hydrogen) atoms. The lowest BCUT2D eigenvalue weighted by atomic mass is 9.86. The summed E-state index contributed by atoms with van der Waals surface area (Å²) in [5.74, 6) is 0.781. The van der Waals surface area contributed by atoms with Gasteiger partial charge in [-0.05, 0) is 71.2 Å². The van der Waals surface area contributed by atoms with Crippen molar-refractivity contribution < 1.29 is 0 Å². The maximum atomic E-state index is 6.97. The van der Waals surface area contributed by atoms with Crippen LogP contribution in [0.5, 0.6) is 0 Å². The van der Waals surface area contributed by atoms with E-state index in [4.69, 9.17) is 23.2 Å². The van der Waals surface area contributed by atoms with Gasteiger partial charge in [-0.3, -0.25) is 0 Å². The molecule has 190 valence electrons. The number of halogens is 2. The first-order chi connectivity index (χ1) is 18.6. The number of allylic oxidation sites excluding steroid dienone is 2. The molecule has 0 bridgehead atoms. The molecule has 0 heterocycles. The van der Waals surface area contributed by atoms with E-state index in [9.17, 15) is 0 Å². The van der Waals surface area contributed by atoms with E-state index >= 15 is 0 Å². The molecular weight excluding hydrogens is 503 g/mol. The second kappa shape index (κ2) is 10.6. The zero-order valence-electron chi connectivity index (χ0n) is 22.0. The molecule has 2 atom stereocenters. The van der Waals surface area contributed by atoms with Gasteiger partial charge in [0, 0.05) is 33.0 Å². The lowest BCUT2D eigenvalue weighted by molar-refractivity contribution is 0.575. The molecule has 6 rings (SSSR count). The number of hydrogen-bond acceptors (Lipinski definition) is 0. The minimum Gasteiger partial charge on any atom is -0.0837 e. The second-order valence-corrected chi connectivity index (χ2v) is 11.4. The van der Waals surface area contributed by atoms with Gasteiger partial charge >= 0.3 is 0 Å². The van der Waals surface area contributed by atoms with Gasteiger partial charge in [0.1, 0.15) is 0 Å². The fraction of sp³-hybridized carbons (Fsp3) is 0.222. The Bertz CT molecular complexity index is 1420. The second-order valence-electron chi connectivity index (χ2n) is 10.7. The molecule has 0 aromatic heterocycles. The van der Waals surface area contributed by atoms with Crippen molar-refractivity contribution in [3.05, 3.63) is 130 Å². The monoisotopic (exact) mass is 534 g/mol. The lowest BCUT2D eigenvalue weighted by Gasteiger charge is -2.18. The standard InChI is InChI=1S/C36H32Cl2/c1-23-27(31-21-11-19-29(33(31)35(23)37)25-13-5-3-6-14-25)17-9-10-18-28-24(2)36(38)34-30(20-12-22-32(28)34)26-15-7-4-8-16-26/h3-8,11-16,19-22,27-28H,9-10,17-18H2,1-2H3. The molecule has 0 nitrogen and oxygen atoms in total. The highest BCUT2D eigenvalue weighted by Crippen LogP contribution is 2.51. The summed E-state index contributed by atoms with van der Waals surface area (Å²) < 4.78 is 0. The summed E-state index contributed by atoms with van der Waals surface area (Å²) in [6.07, 6.45) is 4.56. The average Bonchev–Trinajstić information content (AvgIpc) is 3.36. The number of rotatable bonds is 7. The smallest absolute Gasteiger partial charge is 0.0483 e. The van der Waals surface area contributed by atoms with Gasteiger partial charge in [-0.2, -0.15) is 0 Å². The van der Waals surface area contributed by atoms with Crippen LogP contribution in [0.15, 0.2) is 108 Å². The van der Waals surface area contributed by atoms with Crippen molar-refractivity contribution in [1.29, 1.82) is 0 Å². The topological polar surface area (TPSA) is 0 Å². The van der Waals surface area contributed by atoms with E-state index in [-0.39, 0.29) is 0 Å².